The van der Waals surface area contributed by atoms with Gasteiger partial charge < -0.3 is 9.47 Å². The van der Waals surface area contributed by atoms with Crippen molar-refractivity contribution in [3.8, 4) is 11.5 Å². The molecule has 19 heavy (non-hydrogen) atoms. The quantitative estimate of drug-likeness (QED) is 0.571. The van der Waals surface area contributed by atoms with Crippen molar-refractivity contribution in [2.45, 2.75) is 38.5 Å². The van der Waals surface area contributed by atoms with E-state index in [1.165, 1.54) is 38.5 Å². The lowest BCUT2D eigenvalue weighted by molar-refractivity contribution is 0.149. The minimum atomic E-state index is 0.305. The SMILES string of the molecule is COc1cccc(OCC2(CBr)CCCCCC2)c1. The number of hydrogen-bond donors (Lipinski definition) is 0. The van der Waals surface area contributed by atoms with Gasteiger partial charge in [0.1, 0.15) is 11.5 Å². The van der Waals surface area contributed by atoms with Crippen molar-refractivity contribution < 1.29 is 9.47 Å². The topological polar surface area (TPSA) is 18.5 Å². The first-order valence-corrected chi connectivity index (χ1v) is 8.23. The lowest BCUT2D eigenvalue weighted by atomic mass is 9.83. The largest absolute Gasteiger partial charge is 0.497 e. The number of alkyl halides is 1. The molecule has 0 aliphatic heterocycles. The van der Waals surface area contributed by atoms with Crippen molar-refractivity contribution in [1.29, 1.82) is 0 Å². The Morgan fingerprint density at radius 3 is 2.42 bits per heavy atom. The van der Waals surface area contributed by atoms with E-state index in [9.17, 15) is 0 Å². The van der Waals surface area contributed by atoms with Gasteiger partial charge in [-0.2, -0.15) is 0 Å². The van der Waals surface area contributed by atoms with E-state index in [0.717, 1.165) is 23.4 Å². The van der Waals surface area contributed by atoms with E-state index in [0.29, 0.717) is 5.41 Å². The van der Waals surface area contributed by atoms with Crippen molar-refractivity contribution in [2.24, 2.45) is 5.41 Å². The fourth-order valence-electron chi connectivity index (χ4n) is 2.72. The molecule has 0 atom stereocenters. The normalized spacial score (nSPS) is 18.6. The molecule has 1 aliphatic carbocycles. The van der Waals surface area contributed by atoms with Gasteiger partial charge in [0.25, 0.3) is 0 Å². The summed E-state index contributed by atoms with van der Waals surface area (Å²) in [6.07, 6.45) is 7.92. The Kier molecular flexibility index (Phi) is 5.56. The Bertz CT molecular complexity index is 384. The molecule has 1 aliphatic rings. The van der Waals surface area contributed by atoms with Gasteiger partial charge in [-0.15, -0.1) is 0 Å². The van der Waals surface area contributed by atoms with Crippen LogP contribution in [0.25, 0.3) is 0 Å². The van der Waals surface area contributed by atoms with Crippen molar-refractivity contribution in [2.75, 3.05) is 19.0 Å². The van der Waals surface area contributed by atoms with Crippen LogP contribution in [0, 0.1) is 5.41 Å². The lowest BCUT2D eigenvalue weighted by Gasteiger charge is -2.30. The zero-order valence-corrected chi connectivity index (χ0v) is 13.2. The molecule has 1 aromatic carbocycles. The molecule has 2 rings (SSSR count). The zero-order chi connectivity index (χ0) is 13.6. The minimum Gasteiger partial charge on any atom is -0.497 e. The molecule has 0 N–H and O–H groups in total. The molecular formula is C16H23BrO2. The van der Waals surface area contributed by atoms with E-state index in [2.05, 4.69) is 15.9 Å². The minimum absolute atomic E-state index is 0.305. The number of rotatable bonds is 5. The number of benzene rings is 1. The van der Waals surface area contributed by atoms with Crippen LogP contribution in [0.5, 0.6) is 11.5 Å². The Morgan fingerprint density at radius 1 is 1.11 bits per heavy atom. The third-order valence-electron chi connectivity index (χ3n) is 4.03. The van der Waals surface area contributed by atoms with Crippen LogP contribution in [0.2, 0.25) is 0 Å². The Balaban J connectivity index is 1.98. The van der Waals surface area contributed by atoms with E-state index in [-0.39, 0.29) is 0 Å². The van der Waals surface area contributed by atoms with Crippen LogP contribution in [0.4, 0.5) is 0 Å². The summed E-state index contributed by atoms with van der Waals surface area (Å²) in [7, 11) is 1.68. The van der Waals surface area contributed by atoms with Crippen LogP contribution >= 0.6 is 15.9 Å². The summed E-state index contributed by atoms with van der Waals surface area (Å²) in [5.74, 6) is 1.76. The van der Waals surface area contributed by atoms with Gasteiger partial charge in [0.05, 0.1) is 13.7 Å². The predicted octanol–water partition coefficient (Wildman–Crippen LogP) is 4.81. The highest BCUT2D eigenvalue weighted by molar-refractivity contribution is 9.09. The molecular weight excluding hydrogens is 304 g/mol. The van der Waals surface area contributed by atoms with Crippen molar-refractivity contribution in [3.05, 3.63) is 24.3 Å². The second-order valence-electron chi connectivity index (χ2n) is 5.52. The number of ether oxygens (including phenoxy) is 2. The Morgan fingerprint density at radius 2 is 1.79 bits per heavy atom. The second kappa shape index (κ2) is 7.18. The predicted molar refractivity (Wildman–Crippen MR) is 82.4 cm³/mol. The van der Waals surface area contributed by atoms with Crippen molar-refractivity contribution in [3.63, 3.8) is 0 Å². The summed E-state index contributed by atoms with van der Waals surface area (Å²) in [6.45, 7) is 0.797. The highest BCUT2D eigenvalue weighted by Gasteiger charge is 2.30. The smallest absolute Gasteiger partial charge is 0.123 e. The summed E-state index contributed by atoms with van der Waals surface area (Å²) in [4.78, 5) is 0. The second-order valence-corrected chi connectivity index (χ2v) is 6.08. The van der Waals surface area contributed by atoms with Gasteiger partial charge >= 0.3 is 0 Å². The van der Waals surface area contributed by atoms with Gasteiger partial charge in [-0.1, -0.05) is 47.7 Å². The zero-order valence-electron chi connectivity index (χ0n) is 11.7. The summed E-state index contributed by atoms with van der Waals surface area (Å²) in [6, 6.07) is 7.88. The van der Waals surface area contributed by atoms with Crippen LogP contribution in [0.3, 0.4) is 0 Å². The molecule has 2 nitrogen and oxygen atoms in total. The molecule has 0 aromatic heterocycles. The summed E-state index contributed by atoms with van der Waals surface area (Å²) in [5, 5.41) is 1.03. The van der Waals surface area contributed by atoms with Crippen LogP contribution < -0.4 is 9.47 Å². The van der Waals surface area contributed by atoms with E-state index >= 15 is 0 Å². The van der Waals surface area contributed by atoms with Gasteiger partial charge in [-0.25, -0.2) is 0 Å². The number of hydrogen-bond acceptors (Lipinski definition) is 2. The van der Waals surface area contributed by atoms with E-state index in [1.54, 1.807) is 7.11 Å². The van der Waals surface area contributed by atoms with Gasteiger partial charge in [-0.05, 0) is 25.0 Å². The van der Waals surface area contributed by atoms with Crippen LogP contribution in [-0.4, -0.2) is 19.0 Å². The first kappa shape index (κ1) is 14.7. The van der Waals surface area contributed by atoms with Gasteiger partial charge in [0, 0.05) is 16.8 Å². The fraction of sp³-hybridized carbons (Fsp3) is 0.625. The molecule has 0 saturated heterocycles. The maximum absolute atomic E-state index is 6.03. The third-order valence-corrected chi connectivity index (χ3v) is 5.22. The Hall–Kier alpha value is -0.700. The molecule has 0 unspecified atom stereocenters. The standard InChI is InChI=1S/C16H23BrO2/c1-18-14-7-6-8-15(11-14)19-13-16(12-17)9-4-2-3-5-10-16/h6-8,11H,2-5,9-10,12-13H2,1H3. The molecule has 1 fully saturated rings. The number of halogens is 1. The maximum Gasteiger partial charge on any atom is 0.123 e. The highest BCUT2D eigenvalue weighted by Crippen LogP contribution is 2.37. The van der Waals surface area contributed by atoms with Crippen molar-refractivity contribution >= 4 is 15.9 Å². The van der Waals surface area contributed by atoms with E-state index in [1.807, 2.05) is 24.3 Å². The van der Waals surface area contributed by atoms with E-state index < -0.39 is 0 Å². The summed E-state index contributed by atoms with van der Waals surface area (Å²) < 4.78 is 11.3. The molecule has 1 aromatic rings. The molecule has 106 valence electrons. The lowest BCUT2D eigenvalue weighted by Crippen LogP contribution is -2.29. The first-order chi connectivity index (χ1) is 9.28. The maximum atomic E-state index is 6.03. The molecule has 3 heteroatoms. The first-order valence-electron chi connectivity index (χ1n) is 7.11. The van der Waals surface area contributed by atoms with Gasteiger partial charge in [0.15, 0.2) is 0 Å². The Labute approximate surface area is 124 Å². The summed E-state index contributed by atoms with van der Waals surface area (Å²) >= 11 is 3.70. The van der Waals surface area contributed by atoms with Crippen LogP contribution in [0.15, 0.2) is 24.3 Å². The summed E-state index contributed by atoms with van der Waals surface area (Å²) in [5.41, 5.74) is 0.305. The average molecular weight is 327 g/mol. The third kappa shape index (κ3) is 4.13. The molecule has 0 heterocycles. The molecule has 0 bridgehead atoms. The van der Waals surface area contributed by atoms with Gasteiger partial charge in [-0.3, -0.25) is 0 Å². The molecule has 0 amide bonds. The average Bonchev–Trinajstić information content (AvgIpc) is 2.71. The monoisotopic (exact) mass is 326 g/mol. The molecule has 0 radical (unpaired) electrons. The highest BCUT2D eigenvalue weighted by atomic mass is 79.9. The molecule has 0 spiro atoms. The number of methoxy groups -OCH3 is 1. The fourth-order valence-corrected chi connectivity index (χ4v) is 3.45. The van der Waals surface area contributed by atoms with E-state index in [4.69, 9.17) is 9.47 Å². The van der Waals surface area contributed by atoms with Crippen LogP contribution in [-0.2, 0) is 0 Å². The van der Waals surface area contributed by atoms with Crippen molar-refractivity contribution in [1.82, 2.24) is 0 Å². The van der Waals surface area contributed by atoms with Crippen LogP contribution in [0.1, 0.15) is 38.5 Å². The van der Waals surface area contributed by atoms with Gasteiger partial charge in [0.2, 0.25) is 0 Å². The molecule has 1 saturated carbocycles.